The minimum atomic E-state index is -1.19. The normalized spacial score (nSPS) is 17.0. The predicted molar refractivity (Wildman–Crippen MR) is 106 cm³/mol. The van der Waals surface area contributed by atoms with Gasteiger partial charge in [-0.05, 0) is 24.3 Å². The first-order valence-electron chi connectivity index (χ1n) is 9.41. The third kappa shape index (κ3) is 3.63. The Hall–Kier alpha value is -4.08. The summed E-state index contributed by atoms with van der Waals surface area (Å²) in [5.41, 5.74) is 2.91. The summed E-state index contributed by atoms with van der Waals surface area (Å²) in [6.45, 7) is 1.25. The summed E-state index contributed by atoms with van der Waals surface area (Å²) in [6, 6.07) is 9.93. The highest BCUT2D eigenvalue weighted by Gasteiger charge is 2.45. The van der Waals surface area contributed by atoms with E-state index in [1.807, 2.05) is 0 Å². The van der Waals surface area contributed by atoms with Gasteiger partial charge in [0.1, 0.15) is 11.8 Å². The van der Waals surface area contributed by atoms with E-state index in [1.54, 1.807) is 30.3 Å². The Balaban J connectivity index is 1.58. The second kappa shape index (κ2) is 7.98. The van der Waals surface area contributed by atoms with Crippen LogP contribution in [0.1, 0.15) is 23.7 Å². The van der Waals surface area contributed by atoms with Crippen LogP contribution in [0.2, 0.25) is 0 Å². The van der Waals surface area contributed by atoms with Crippen molar-refractivity contribution in [3.8, 4) is 17.2 Å². The summed E-state index contributed by atoms with van der Waals surface area (Å²) in [4.78, 5) is 51.7. The number of benzene rings is 2. The van der Waals surface area contributed by atoms with E-state index in [0.29, 0.717) is 22.9 Å². The van der Waals surface area contributed by atoms with Crippen LogP contribution in [0.4, 0.5) is 5.69 Å². The van der Waals surface area contributed by atoms with Gasteiger partial charge in [0.25, 0.3) is 11.8 Å². The zero-order chi connectivity index (χ0) is 22.1. The molecule has 4 rings (SSSR count). The van der Waals surface area contributed by atoms with E-state index in [9.17, 15) is 19.2 Å². The summed E-state index contributed by atoms with van der Waals surface area (Å²) in [5.74, 6) is -1.16. The topological polar surface area (TPSA) is 114 Å². The van der Waals surface area contributed by atoms with E-state index in [-0.39, 0.29) is 18.8 Å². The van der Waals surface area contributed by atoms with Crippen LogP contribution < -0.4 is 24.5 Å². The van der Waals surface area contributed by atoms with Crippen LogP contribution in [0.3, 0.4) is 0 Å². The fourth-order valence-electron chi connectivity index (χ4n) is 3.49. The zero-order valence-electron chi connectivity index (χ0n) is 16.8. The summed E-state index contributed by atoms with van der Waals surface area (Å²) >= 11 is 0. The zero-order valence-corrected chi connectivity index (χ0v) is 16.8. The maximum Gasteiger partial charge on any atom is 0.273 e. The average Bonchev–Trinajstić information content (AvgIpc) is 3.34. The number of carbonyl (C=O) groups excluding carboxylic acids is 4. The van der Waals surface area contributed by atoms with Crippen LogP contribution in [0.25, 0.3) is 0 Å². The van der Waals surface area contributed by atoms with E-state index < -0.39 is 29.7 Å². The van der Waals surface area contributed by atoms with Crippen LogP contribution in [-0.2, 0) is 14.4 Å². The smallest absolute Gasteiger partial charge is 0.273 e. The van der Waals surface area contributed by atoms with Crippen LogP contribution in [0.5, 0.6) is 17.2 Å². The molecule has 0 saturated carbocycles. The first kappa shape index (κ1) is 20.2. The Labute approximate surface area is 177 Å². The molecule has 2 aromatic carbocycles. The van der Waals surface area contributed by atoms with Crippen molar-refractivity contribution in [2.75, 3.05) is 18.8 Å². The fraction of sp³-hybridized carbons (Fsp3) is 0.238. The highest BCUT2D eigenvalue weighted by atomic mass is 16.7. The Morgan fingerprint density at radius 3 is 2.61 bits per heavy atom. The molecule has 0 spiro atoms. The number of fused-ring (bicyclic) bond motifs is 1. The molecule has 1 saturated heterocycles. The highest BCUT2D eigenvalue weighted by molar-refractivity contribution is 6.23. The summed E-state index contributed by atoms with van der Waals surface area (Å²) in [6.07, 6.45) is -0.279. The van der Waals surface area contributed by atoms with E-state index in [2.05, 4.69) is 5.43 Å². The lowest BCUT2D eigenvalue weighted by Crippen LogP contribution is -2.54. The van der Waals surface area contributed by atoms with Crippen LogP contribution >= 0.6 is 0 Å². The van der Waals surface area contributed by atoms with Crippen LogP contribution in [0.15, 0.2) is 42.5 Å². The number of carbonyl (C=O) groups is 4. The van der Waals surface area contributed by atoms with Gasteiger partial charge in [0.2, 0.25) is 18.6 Å². The van der Waals surface area contributed by atoms with Gasteiger partial charge in [-0.15, -0.1) is 0 Å². The second-order valence-corrected chi connectivity index (χ2v) is 6.86. The SMILES string of the molecule is COc1ccccc1C(=O)NN(C(C)=O)C1CC(=O)N(c2ccc3c(c2)OCO3)C1=O. The molecule has 2 aliphatic heterocycles. The number of hydrogen-bond donors (Lipinski definition) is 1. The number of hydrazine groups is 1. The van der Waals surface area contributed by atoms with Crippen molar-refractivity contribution < 1.29 is 33.4 Å². The van der Waals surface area contributed by atoms with Crippen molar-refractivity contribution >= 4 is 29.3 Å². The molecule has 10 nitrogen and oxygen atoms in total. The maximum atomic E-state index is 13.1. The molecule has 1 atom stereocenters. The van der Waals surface area contributed by atoms with Crippen molar-refractivity contribution in [3.05, 3.63) is 48.0 Å². The average molecular weight is 425 g/mol. The van der Waals surface area contributed by atoms with Gasteiger partial charge in [-0.3, -0.25) is 24.6 Å². The molecule has 1 unspecified atom stereocenters. The van der Waals surface area contributed by atoms with Crippen molar-refractivity contribution in [3.63, 3.8) is 0 Å². The number of nitrogens with one attached hydrogen (secondary N) is 1. The molecule has 0 bridgehead atoms. The molecule has 2 heterocycles. The van der Waals surface area contributed by atoms with Crippen molar-refractivity contribution in [2.24, 2.45) is 0 Å². The molecule has 0 aliphatic carbocycles. The number of anilines is 1. The largest absolute Gasteiger partial charge is 0.496 e. The molecular weight excluding hydrogens is 406 g/mol. The fourth-order valence-corrected chi connectivity index (χ4v) is 3.49. The first-order valence-corrected chi connectivity index (χ1v) is 9.41. The van der Waals surface area contributed by atoms with Crippen molar-refractivity contribution in [2.45, 2.75) is 19.4 Å². The van der Waals surface area contributed by atoms with Gasteiger partial charge in [0.15, 0.2) is 11.5 Å². The quantitative estimate of drug-likeness (QED) is 0.579. The summed E-state index contributed by atoms with van der Waals surface area (Å²) < 4.78 is 15.7. The minimum absolute atomic E-state index is 0.0520. The van der Waals surface area contributed by atoms with Gasteiger partial charge in [-0.1, -0.05) is 12.1 Å². The van der Waals surface area contributed by atoms with Crippen LogP contribution in [-0.4, -0.2) is 48.6 Å². The molecule has 10 heteroatoms. The number of ether oxygens (including phenoxy) is 3. The van der Waals surface area contributed by atoms with Gasteiger partial charge >= 0.3 is 0 Å². The van der Waals surface area contributed by atoms with Gasteiger partial charge in [-0.2, -0.15) is 0 Å². The van der Waals surface area contributed by atoms with Crippen molar-refractivity contribution in [1.82, 2.24) is 10.4 Å². The molecule has 0 radical (unpaired) electrons. The summed E-state index contributed by atoms with van der Waals surface area (Å²) in [5, 5.41) is 0.877. The first-order chi connectivity index (χ1) is 14.9. The molecule has 31 heavy (non-hydrogen) atoms. The Morgan fingerprint density at radius 1 is 1.13 bits per heavy atom. The van der Waals surface area contributed by atoms with Gasteiger partial charge in [-0.25, -0.2) is 9.91 Å². The van der Waals surface area contributed by atoms with Gasteiger partial charge in [0, 0.05) is 13.0 Å². The van der Waals surface area contributed by atoms with Crippen LogP contribution in [0, 0.1) is 0 Å². The molecule has 2 aromatic rings. The minimum Gasteiger partial charge on any atom is -0.496 e. The number of amides is 4. The Morgan fingerprint density at radius 2 is 1.87 bits per heavy atom. The summed E-state index contributed by atoms with van der Waals surface area (Å²) in [7, 11) is 1.41. The standard InChI is InChI=1S/C21H19N3O7/c1-12(25)24(22-20(27)14-5-3-4-6-16(14)29-2)15-10-19(26)23(21(15)28)13-7-8-17-18(9-13)31-11-30-17/h3-9,15H,10-11H2,1-2H3,(H,22,27). The number of methoxy groups -OCH3 is 1. The predicted octanol–water partition coefficient (Wildman–Crippen LogP) is 1.25. The van der Waals surface area contributed by atoms with E-state index in [0.717, 1.165) is 9.91 Å². The van der Waals surface area contributed by atoms with E-state index >= 15 is 0 Å². The van der Waals surface area contributed by atoms with Crippen molar-refractivity contribution in [1.29, 1.82) is 0 Å². The molecule has 1 fully saturated rings. The lowest BCUT2D eigenvalue weighted by molar-refractivity contribution is -0.139. The molecule has 0 aromatic heterocycles. The third-order valence-electron chi connectivity index (χ3n) is 4.96. The monoisotopic (exact) mass is 425 g/mol. The van der Waals surface area contributed by atoms with E-state index in [4.69, 9.17) is 14.2 Å². The lowest BCUT2D eigenvalue weighted by atomic mass is 10.2. The molecule has 1 N–H and O–H groups in total. The van der Waals surface area contributed by atoms with Gasteiger partial charge in [0.05, 0.1) is 24.8 Å². The second-order valence-electron chi connectivity index (χ2n) is 6.86. The third-order valence-corrected chi connectivity index (χ3v) is 4.96. The number of rotatable bonds is 4. The Bertz CT molecular complexity index is 1080. The van der Waals surface area contributed by atoms with Gasteiger partial charge < -0.3 is 14.2 Å². The van der Waals surface area contributed by atoms with E-state index in [1.165, 1.54) is 26.2 Å². The number of imide groups is 1. The number of nitrogens with zero attached hydrogens (tertiary/aromatic N) is 2. The number of para-hydroxylation sites is 1. The lowest BCUT2D eigenvalue weighted by Gasteiger charge is -2.27. The molecular formula is C21H19N3O7. The number of hydrogen-bond acceptors (Lipinski definition) is 7. The highest BCUT2D eigenvalue weighted by Crippen LogP contribution is 2.37. The molecule has 160 valence electrons. The Kier molecular flexibility index (Phi) is 5.20. The molecule has 4 amide bonds. The molecule has 2 aliphatic rings. The maximum absolute atomic E-state index is 13.1.